The van der Waals surface area contributed by atoms with Gasteiger partial charge in [0.25, 0.3) is 0 Å². The average molecular weight is 185 g/mol. The molecule has 0 rings (SSSR count). The zero-order valence-corrected chi connectivity index (χ0v) is 8.03. The van der Waals surface area contributed by atoms with Crippen LogP contribution in [0.4, 0.5) is 4.79 Å². The molecule has 0 aliphatic rings. The molecule has 4 heteroatoms. The number of amides is 1. The van der Waals surface area contributed by atoms with Crippen molar-refractivity contribution in [3.8, 4) is 0 Å². The minimum atomic E-state index is -0.549. The van der Waals surface area contributed by atoms with Crippen molar-refractivity contribution < 1.29 is 14.3 Å². The molecule has 0 aliphatic carbocycles. The van der Waals surface area contributed by atoms with Crippen LogP contribution < -0.4 is 0 Å². The fourth-order valence-corrected chi connectivity index (χ4v) is 0.569. The zero-order valence-electron chi connectivity index (χ0n) is 8.03. The molecule has 0 aromatic carbocycles. The molecule has 0 fully saturated rings. The Bertz CT molecular complexity index is 187. The Kier molecular flexibility index (Phi) is 7.88. The second kappa shape index (κ2) is 8.77. The first-order valence-corrected chi connectivity index (χ1v) is 4.27. The smallest absolute Gasteiger partial charge is 0.433 e. The molecule has 0 atom stereocenters. The van der Waals surface area contributed by atoms with Crippen LogP contribution in [0, 0.1) is 0 Å². The molecule has 0 aromatic heterocycles. The monoisotopic (exact) mass is 185 g/mol. The summed E-state index contributed by atoms with van der Waals surface area (Å²) in [5, 5.41) is 0. The second-order valence-electron chi connectivity index (χ2n) is 2.07. The zero-order chi connectivity index (χ0) is 9.94. The Hall–Kier alpha value is -1.32. The van der Waals surface area contributed by atoms with E-state index < -0.39 is 6.09 Å². The molecule has 0 N–H and O–H groups in total. The molecule has 0 radical (unpaired) electrons. The molecular formula is C9H15NO3. The highest BCUT2D eigenvalue weighted by atomic mass is 16.5. The molecule has 0 heterocycles. The van der Waals surface area contributed by atoms with Gasteiger partial charge in [-0.3, -0.25) is 0 Å². The van der Waals surface area contributed by atoms with Crippen molar-refractivity contribution in [2.75, 3.05) is 13.2 Å². The summed E-state index contributed by atoms with van der Waals surface area (Å²) in [6.45, 7) is 4.63. The van der Waals surface area contributed by atoms with E-state index in [9.17, 15) is 4.79 Å². The molecular weight excluding hydrogens is 170 g/mol. The van der Waals surface area contributed by atoms with E-state index in [4.69, 9.17) is 4.74 Å². The van der Waals surface area contributed by atoms with Gasteiger partial charge in [0.15, 0.2) is 0 Å². The maximum absolute atomic E-state index is 10.7. The summed E-state index contributed by atoms with van der Waals surface area (Å²) in [4.78, 5) is 14.2. The third-order valence-corrected chi connectivity index (χ3v) is 1.07. The summed E-state index contributed by atoms with van der Waals surface area (Å²) in [6, 6.07) is 0. The number of aliphatic imine (C=N–C) groups is 1. The summed E-state index contributed by atoms with van der Waals surface area (Å²) >= 11 is 0. The normalized spacial score (nSPS) is 10.9. The maximum atomic E-state index is 10.7. The Morgan fingerprint density at radius 1 is 1.38 bits per heavy atom. The minimum absolute atomic E-state index is 0.352. The van der Waals surface area contributed by atoms with E-state index in [1.807, 2.05) is 6.92 Å². The van der Waals surface area contributed by atoms with Gasteiger partial charge < -0.3 is 9.47 Å². The lowest BCUT2D eigenvalue weighted by Crippen LogP contribution is -1.97. The number of rotatable bonds is 5. The molecule has 0 aliphatic heterocycles. The molecule has 0 bridgehead atoms. The number of hydrogen-bond acceptors (Lipinski definition) is 3. The summed E-state index contributed by atoms with van der Waals surface area (Å²) < 4.78 is 9.51. The van der Waals surface area contributed by atoms with Crippen molar-refractivity contribution in [2.24, 2.45) is 4.99 Å². The fourth-order valence-electron chi connectivity index (χ4n) is 0.569. The first-order valence-electron chi connectivity index (χ1n) is 4.27. The SMILES string of the molecule is CCOC=CCC=NC(=O)OCC. The Morgan fingerprint density at radius 2 is 2.15 bits per heavy atom. The summed E-state index contributed by atoms with van der Waals surface area (Å²) in [5.74, 6) is 0. The molecule has 13 heavy (non-hydrogen) atoms. The Labute approximate surface area is 78.3 Å². The number of allylic oxidation sites excluding steroid dienone is 1. The van der Waals surface area contributed by atoms with Crippen molar-refractivity contribution in [1.82, 2.24) is 0 Å². The van der Waals surface area contributed by atoms with Crippen LogP contribution in [0.5, 0.6) is 0 Å². The molecule has 4 nitrogen and oxygen atoms in total. The standard InChI is InChI=1S/C9H15NO3/c1-3-12-8-6-5-7-10-9(11)13-4-2/h6-8H,3-5H2,1-2H3. The van der Waals surface area contributed by atoms with Crippen molar-refractivity contribution in [3.05, 3.63) is 12.3 Å². The topological polar surface area (TPSA) is 47.9 Å². The lowest BCUT2D eigenvalue weighted by atomic mass is 10.4. The number of carbonyl (C=O) groups is 1. The molecule has 0 spiro atoms. The molecule has 1 amide bonds. The van der Waals surface area contributed by atoms with E-state index in [1.165, 1.54) is 6.21 Å². The number of ether oxygens (including phenoxy) is 2. The maximum Gasteiger partial charge on any atom is 0.433 e. The third kappa shape index (κ3) is 8.59. The van der Waals surface area contributed by atoms with E-state index in [0.29, 0.717) is 19.6 Å². The minimum Gasteiger partial charge on any atom is -0.502 e. The lowest BCUT2D eigenvalue weighted by molar-refractivity contribution is 0.163. The van der Waals surface area contributed by atoms with Gasteiger partial charge in [0.1, 0.15) is 0 Å². The van der Waals surface area contributed by atoms with Gasteiger partial charge >= 0.3 is 6.09 Å². The highest BCUT2D eigenvalue weighted by Crippen LogP contribution is 1.85. The Balaban J connectivity index is 3.45. The van der Waals surface area contributed by atoms with Crippen molar-refractivity contribution in [1.29, 1.82) is 0 Å². The van der Waals surface area contributed by atoms with Crippen LogP contribution in [0.3, 0.4) is 0 Å². The average Bonchev–Trinajstić information content (AvgIpc) is 2.11. The van der Waals surface area contributed by atoms with Gasteiger partial charge in [-0.05, 0) is 19.9 Å². The first-order chi connectivity index (χ1) is 6.31. The van der Waals surface area contributed by atoms with Crippen molar-refractivity contribution >= 4 is 12.3 Å². The molecule has 0 aromatic rings. The van der Waals surface area contributed by atoms with Crippen LogP contribution in [-0.2, 0) is 9.47 Å². The van der Waals surface area contributed by atoms with Crippen LogP contribution in [0.15, 0.2) is 17.3 Å². The largest absolute Gasteiger partial charge is 0.502 e. The van der Waals surface area contributed by atoms with E-state index in [1.54, 1.807) is 19.3 Å². The fraction of sp³-hybridized carbons (Fsp3) is 0.556. The van der Waals surface area contributed by atoms with Gasteiger partial charge in [-0.1, -0.05) is 0 Å². The molecule has 0 saturated heterocycles. The van der Waals surface area contributed by atoms with E-state index in [2.05, 4.69) is 9.73 Å². The lowest BCUT2D eigenvalue weighted by Gasteiger charge is -1.92. The molecule has 0 unspecified atom stereocenters. The van der Waals surface area contributed by atoms with Gasteiger partial charge in [0.2, 0.25) is 0 Å². The molecule has 0 saturated carbocycles. The summed E-state index contributed by atoms with van der Waals surface area (Å²) in [6.07, 6.45) is 4.85. The van der Waals surface area contributed by atoms with Crippen molar-refractivity contribution in [3.63, 3.8) is 0 Å². The highest BCUT2D eigenvalue weighted by Gasteiger charge is 1.91. The highest BCUT2D eigenvalue weighted by molar-refractivity contribution is 5.79. The number of nitrogens with zero attached hydrogens (tertiary/aromatic N) is 1. The predicted octanol–water partition coefficient (Wildman–Crippen LogP) is 2.15. The summed E-state index contributed by atoms with van der Waals surface area (Å²) in [7, 11) is 0. The van der Waals surface area contributed by atoms with Crippen LogP contribution >= 0.6 is 0 Å². The third-order valence-electron chi connectivity index (χ3n) is 1.07. The van der Waals surface area contributed by atoms with Gasteiger partial charge in [-0.2, -0.15) is 4.99 Å². The van der Waals surface area contributed by atoms with Gasteiger partial charge in [0.05, 0.1) is 19.5 Å². The predicted molar refractivity (Wildman–Crippen MR) is 50.9 cm³/mol. The summed E-state index contributed by atoms with van der Waals surface area (Å²) in [5.41, 5.74) is 0. The molecule has 74 valence electrons. The van der Waals surface area contributed by atoms with Gasteiger partial charge in [0, 0.05) is 12.6 Å². The van der Waals surface area contributed by atoms with Crippen LogP contribution in [0.25, 0.3) is 0 Å². The number of carbonyl (C=O) groups excluding carboxylic acids is 1. The van der Waals surface area contributed by atoms with Gasteiger partial charge in [-0.25, -0.2) is 4.79 Å². The van der Waals surface area contributed by atoms with E-state index >= 15 is 0 Å². The number of hydrogen-bond donors (Lipinski definition) is 0. The Morgan fingerprint density at radius 3 is 2.77 bits per heavy atom. The van der Waals surface area contributed by atoms with Gasteiger partial charge in [-0.15, -0.1) is 0 Å². The quantitative estimate of drug-likeness (QED) is 0.487. The van der Waals surface area contributed by atoms with E-state index in [0.717, 1.165) is 0 Å². The second-order valence-corrected chi connectivity index (χ2v) is 2.07. The van der Waals surface area contributed by atoms with Crippen LogP contribution in [0.2, 0.25) is 0 Å². The van der Waals surface area contributed by atoms with Crippen molar-refractivity contribution in [2.45, 2.75) is 20.3 Å². The van der Waals surface area contributed by atoms with Crippen LogP contribution in [-0.4, -0.2) is 25.5 Å². The first kappa shape index (κ1) is 11.7. The van der Waals surface area contributed by atoms with Crippen LogP contribution in [0.1, 0.15) is 20.3 Å². The van der Waals surface area contributed by atoms with E-state index in [-0.39, 0.29) is 0 Å².